The summed E-state index contributed by atoms with van der Waals surface area (Å²) in [6.45, 7) is 5.06. The summed E-state index contributed by atoms with van der Waals surface area (Å²) in [5.74, 6) is 3.83. The van der Waals surface area contributed by atoms with Gasteiger partial charge in [-0.05, 0) is 23.8 Å². The molecule has 90 valence electrons. The number of rotatable bonds is 6. The van der Waals surface area contributed by atoms with Crippen molar-refractivity contribution in [3.05, 3.63) is 0 Å². The Morgan fingerprint density at radius 2 is 1.80 bits per heavy atom. The minimum Gasteiger partial charge on any atom is -0.328 e. The Morgan fingerprint density at radius 1 is 1.13 bits per heavy atom. The maximum atomic E-state index is 2.37. The lowest BCUT2D eigenvalue weighted by Gasteiger charge is -2.37. The van der Waals surface area contributed by atoms with Crippen LogP contribution in [0.1, 0.15) is 39.0 Å². The van der Waals surface area contributed by atoms with Gasteiger partial charge in [0.1, 0.15) is 0 Å². The predicted molar refractivity (Wildman–Crippen MR) is 71.4 cm³/mol. The molecule has 0 spiro atoms. The highest BCUT2D eigenvalue weighted by Crippen LogP contribution is 2.24. The van der Waals surface area contributed by atoms with E-state index in [1.165, 1.54) is 61.2 Å². The third-order valence-corrected chi connectivity index (χ3v) is 4.82. The monoisotopic (exact) mass is 230 g/mol. The van der Waals surface area contributed by atoms with Crippen molar-refractivity contribution in [1.29, 1.82) is 0 Å². The van der Waals surface area contributed by atoms with Crippen molar-refractivity contribution < 1.29 is 4.48 Å². The van der Waals surface area contributed by atoms with Crippen LogP contribution in [-0.2, 0) is 0 Å². The Balaban J connectivity index is 1.99. The molecule has 1 fully saturated rings. The van der Waals surface area contributed by atoms with Gasteiger partial charge in [0.05, 0.1) is 27.2 Å². The molecule has 0 bridgehead atoms. The van der Waals surface area contributed by atoms with Crippen LogP contribution in [0.4, 0.5) is 0 Å². The third kappa shape index (κ3) is 5.82. The van der Waals surface area contributed by atoms with E-state index < -0.39 is 0 Å². The van der Waals surface area contributed by atoms with Gasteiger partial charge in [0, 0.05) is 12.8 Å². The van der Waals surface area contributed by atoms with Gasteiger partial charge in [-0.1, -0.05) is 19.8 Å². The van der Waals surface area contributed by atoms with Gasteiger partial charge >= 0.3 is 0 Å². The topological polar surface area (TPSA) is 0 Å². The van der Waals surface area contributed by atoms with Crippen molar-refractivity contribution >= 4 is 11.8 Å². The number of piperidine rings is 1. The van der Waals surface area contributed by atoms with Crippen LogP contribution in [0.2, 0.25) is 0 Å². The molecule has 1 nitrogen and oxygen atoms in total. The first-order chi connectivity index (χ1) is 7.14. The lowest BCUT2D eigenvalue weighted by Crippen LogP contribution is -2.46. The van der Waals surface area contributed by atoms with Crippen LogP contribution in [0, 0.1) is 5.92 Å². The Kier molecular flexibility index (Phi) is 6.06. The van der Waals surface area contributed by atoms with E-state index in [-0.39, 0.29) is 0 Å². The molecule has 2 heteroatoms. The Bertz CT molecular complexity index is 158. The maximum Gasteiger partial charge on any atom is 0.0785 e. The third-order valence-electron chi connectivity index (χ3n) is 3.53. The zero-order valence-corrected chi connectivity index (χ0v) is 11.6. The van der Waals surface area contributed by atoms with Crippen molar-refractivity contribution in [3.8, 4) is 0 Å². The van der Waals surface area contributed by atoms with Gasteiger partial charge in [-0.3, -0.25) is 0 Å². The molecule has 0 unspecified atom stereocenters. The van der Waals surface area contributed by atoms with Crippen molar-refractivity contribution in [2.24, 2.45) is 5.92 Å². The van der Waals surface area contributed by atoms with Crippen molar-refractivity contribution in [3.63, 3.8) is 0 Å². The van der Waals surface area contributed by atoms with Gasteiger partial charge in [-0.25, -0.2) is 0 Å². The van der Waals surface area contributed by atoms with E-state index in [1.807, 2.05) is 0 Å². The molecule has 0 aromatic heterocycles. The Morgan fingerprint density at radius 3 is 2.40 bits per heavy atom. The van der Waals surface area contributed by atoms with E-state index in [1.54, 1.807) is 0 Å². The average Bonchev–Trinajstić information content (AvgIpc) is 2.20. The molecule has 1 aliphatic rings. The van der Waals surface area contributed by atoms with Crippen molar-refractivity contribution in [2.75, 3.05) is 38.7 Å². The van der Waals surface area contributed by atoms with E-state index >= 15 is 0 Å². The second kappa shape index (κ2) is 6.80. The molecule has 1 rings (SSSR count). The predicted octanol–water partition coefficient (Wildman–Crippen LogP) is 3.40. The summed E-state index contributed by atoms with van der Waals surface area (Å²) in [5, 5.41) is 0. The molecular formula is C13H28NS+. The Hall–Kier alpha value is 0.310. The first kappa shape index (κ1) is 13.4. The Labute approximate surface area is 100 Å². The maximum absolute atomic E-state index is 2.37. The molecule has 0 aromatic carbocycles. The van der Waals surface area contributed by atoms with Crippen LogP contribution in [0.5, 0.6) is 0 Å². The molecule has 0 aliphatic carbocycles. The molecule has 0 atom stereocenters. The summed E-state index contributed by atoms with van der Waals surface area (Å²) >= 11 is 2.19. The van der Waals surface area contributed by atoms with E-state index in [0.29, 0.717) is 0 Å². The normalized spacial score (nSPS) is 21.8. The van der Waals surface area contributed by atoms with Gasteiger partial charge < -0.3 is 4.48 Å². The molecule has 0 amide bonds. The fourth-order valence-corrected chi connectivity index (χ4v) is 3.43. The minimum atomic E-state index is 1.02. The van der Waals surface area contributed by atoms with Crippen LogP contribution < -0.4 is 0 Å². The zero-order chi connectivity index (χ0) is 11.1. The highest BCUT2D eigenvalue weighted by Gasteiger charge is 2.25. The molecule has 0 N–H and O–H groups in total. The largest absolute Gasteiger partial charge is 0.328 e. The van der Waals surface area contributed by atoms with Crippen LogP contribution in [0.3, 0.4) is 0 Å². The summed E-state index contributed by atoms with van der Waals surface area (Å²) in [6.07, 6.45) is 7.11. The molecule has 1 saturated heterocycles. The van der Waals surface area contributed by atoms with E-state index in [9.17, 15) is 0 Å². The first-order valence-electron chi connectivity index (χ1n) is 6.54. The highest BCUT2D eigenvalue weighted by atomic mass is 32.2. The number of unbranched alkanes of at least 4 members (excludes halogenated alkanes) is 2. The SMILES string of the molecule is CCCCCSCC1CC[N+](C)(C)CC1. The van der Waals surface area contributed by atoms with E-state index in [4.69, 9.17) is 0 Å². The number of hydrogen-bond donors (Lipinski definition) is 0. The van der Waals surface area contributed by atoms with Crippen LogP contribution in [0.15, 0.2) is 0 Å². The highest BCUT2D eigenvalue weighted by molar-refractivity contribution is 7.99. The molecular weight excluding hydrogens is 202 g/mol. The second-order valence-corrected chi connectivity index (χ2v) is 6.76. The van der Waals surface area contributed by atoms with Gasteiger partial charge in [0.25, 0.3) is 0 Å². The molecule has 15 heavy (non-hydrogen) atoms. The van der Waals surface area contributed by atoms with Gasteiger partial charge in [0.15, 0.2) is 0 Å². The lowest BCUT2D eigenvalue weighted by atomic mass is 9.98. The second-order valence-electron chi connectivity index (χ2n) is 5.61. The van der Waals surface area contributed by atoms with Gasteiger partial charge in [0.2, 0.25) is 0 Å². The summed E-state index contributed by atoms with van der Waals surface area (Å²) in [4.78, 5) is 0. The minimum absolute atomic E-state index is 1.02. The lowest BCUT2D eigenvalue weighted by molar-refractivity contribution is -0.896. The fourth-order valence-electron chi connectivity index (χ4n) is 2.19. The van der Waals surface area contributed by atoms with Crippen LogP contribution >= 0.6 is 11.8 Å². The molecule has 1 heterocycles. The first-order valence-corrected chi connectivity index (χ1v) is 7.69. The molecule has 1 aliphatic heterocycles. The number of quaternary nitrogens is 1. The van der Waals surface area contributed by atoms with Crippen LogP contribution in [-0.4, -0.2) is 43.2 Å². The summed E-state index contributed by atoms with van der Waals surface area (Å²) < 4.78 is 1.25. The van der Waals surface area contributed by atoms with E-state index in [0.717, 1.165) is 5.92 Å². The standard InChI is InChI=1S/C13H28NS/c1-4-5-6-11-15-12-13-7-9-14(2,3)10-8-13/h13H,4-12H2,1-3H3/q+1. The smallest absolute Gasteiger partial charge is 0.0785 e. The quantitative estimate of drug-likeness (QED) is 0.498. The summed E-state index contributed by atoms with van der Waals surface area (Å²) in [6, 6.07) is 0. The fraction of sp³-hybridized carbons (Fsp3) is 1.00. The number of thioether (sulfide) groups is 1. The molecule has 0 saturated carbocycles. The number of hydrogen-bond acceptors (Lipinski definition) is 1. The average molecular weight is 230 g/mol. The van der Waals surface area contributed by atoms with E-state index in [2.05, 4.69) is 32.8 Å². The summed E-state index contributed by atoms with van der Waals surface area (Å²) in [5.41, 5.74) is 0. The zero-order valence-electron chi connectivity index (χ0n) is 10.8. The number of likely N-dealkylation sites (tertiary alicyclic amines) is 1. The van der Waals surface area contributed by atoms with Crippen molar-refractivity contribution in [2.45, 2.75) is 39.0 Å². The van der Waals surface area contributed by atoms with Gasteiger partial charge in [-0.2, -0.15) is 11.8 Å². The van der Waals surface area contributed by atoms with Crippen LogP contribution in [0.25, 0.3) is 0 Å². The van der Waals surface area contributed by atoms with Gasteiger partial charge in [-0.15, -0.1) is 0 Å². The van der Waals surface area contributed by atoms with Crippen molar-refractivity contribution in [1.82, 2.24) is 0 Å². The molecule has 0 aromatic rings. The summed E-state index contributed by atoms with van der Waals surface area (Å²) in [7, 11) is 4.73. The number of nitrogens with zero attached hydrogens (tertiary/aromatic N) is 1. The molecule has 0 radical (unpaired) electrons.